The van der Waals surface area contributed by atoms with Gasteiger partial charge in [-0.15, -0.1) is 0 Å². The first-order valence-electron chi connectivity index (χ1n) is 4.96. The minimum atomic E-state index is -1.10. The van der Waals surface area contributed by atoms with Crippen LogP contribution >= 0.6 is 0 Å². The minimum absolute atomic E-state index is 0.0302. The molecule has 0 aliphatic heterocycles. The van der Waals surface area contributed by atoms with Crippen molar-refractivity contribution >= 4 is 21.5 Å². The van der Waals surface area contributed by atoms with Crippen molar-refractivity contribution in [3.63, 3.8) is 0 Å². The molecule has 0 saturated heterocycles. The first-order chi connectivity index (χ1) is 8.18. The van der Waals surface area contributed by atoms with Crippen molar-refractivity contribution in [2.45, 2.75) is 0 Å². The highest BCUT2D eigenvalue weighted by atomic mass is 19.2. The van der Waals surface area contributed by atoms with E-state index in [1.165, 1.54) is 12.1 Å². The third-order valence-electron chi connectivity index (χ3n) is 2.73. The first-order valence-corrected chi connectivity index (χ1v) is 4.96. The van der Waals surface area contributed by atoms with Gasteiger partial charge in [0.2, 0.25) is 0 Å². The van der Waals surface area contributed by atoms with Crippen LogP contribution in [0.4, 0.5) is 13.2 Å². The summed E-state index contributed by atoms with van der Waals surface area (Å²) in [5.74, 6) is -2.75. The summed E-state index contributed by atoms with van der Waals surface area (Å²) in [5, 5.41) is 0.797. The third kappa shape index (κ3) is 1.39. The van der Waals surface area contributed by atoms with Crippen LogP contribution < -0.4 is 0 Å². The number of benzene rings is 3. The van der Waals surface area contributed by atoms with E-state index < -0.39 is 17.5 Å². The fourth-order valence-electron chi connectivity index (χ4n) is 1.90. The maximum atomic E-state index is 14.1. The molecule has 0 nitrogen and oxygen atoms in total. The molecular weight excluding hydrogens is 225 g/mol. The second-order valence-corrected chi connectivity index (χ2v) is 3.72. The highest BCUT2D eigenvalue weighted by molar-refractivity contribution is 5.99. The van der Waals surface area contributed by atoms with Crippen molar-refractivity contribution in [3.8, 4) is 0 Å². The lowest BCUT2D eigenvalue weighted by Crippen LogP contribution is -1.90. The molecule has 0 atom stereocenters. The SMILES string of the molecule is Fc1[c]cc2c(F)c3cc[c]cc3cc2c1F. The summed E-state index contributed by atoms with van der Waals surface area (Å²) in [6.07, 6.45) is 0. The van der Waals surface area contributed by atoms with Gasteiger partial charge < -0.3 is 0 Å². The second-order valence-electron chi connectivity index (χ2n) is 3.72. The Labute approximate surface area is 95.3 Å². The van der Waals surface area contributed by atoms with Gasteiger partial charge in [0, 0.05) is 22.2 Å². The normalized spacial score (nSPS) is 11.2. The first kappa shape index (κ1) is 10.1. The molecule has 3 rings (SSSR count). The lowest BCUT2D eigenvalue weighted by molar-refractivity contribution is 0.515. The van der Waals surface area contributed by atoms with Crippen molar-refractivity contribution < 1.29 is 13.2 Å². The molecule has 0 unspecified atom stereocenters. The smallest absolute Gasteiger partial charge is 0.167 e. The van der Waals surface area contributed by atoms with Crippen LogP contribution in [0.25, 0.3) is 21.5 Å². The quantitative estimate of drug-likeness (QED) is 0.512. The standard InChI is InChI=1S/C14H5F3/c15-12-6-5-10-11(14(12)17)7-8-3-1-2-4-9(8)13(10)16/h2-5,7H. The number of hydrogen-bond acceptors (Lipinski definition) is 0. The molecule has 0 aliphatic rings. The number of rotatable bonds is 0. The Morgan fingerprint density at radius 1 is 0.882 bits per heavy atom. The van der Waals surface area contributed by atoms with Crippen LogP contribution in [-0.4, -0.2) is 0 Å². The molecule has 0 bridgehead atoms. The van der Waals surface area contributed by atoms with Gasteiger partial charge in [0.1, 0.15) is 5.82 Å². The molecule has 0 saturated carbocycles. The van der Waals surface area contributed by atoms with Crippen molar-refractivity contribution in [1.29, 1.82) is 0 Å². The third-order valence-corrected chi connectivity index (χ3v) is 2.73. The highest BCUT2D eigenvalue weighted by Crippen LogP contribution is 2.29. The van der Waals surface area contributed by atoms with Gasteiger partial charge in [0.05, 0.1) is 0 Å². The van der Waals surface area contributed by atoms with Gasteiger partial charge in [-0.05, 0) is 29.7 Å². The summed E-state index contributed by atoms with van der Waals surface area (Å²) in [4.78, 5) is 0. The Balaban J connectivity index is 2.59. The van der Waals surface area contributed by atoms with E-state index in [0.29, 0.717) is 10.8 Å². The molecule has 0 spiro atoms. The van der Waals surface area contributed by atoms with E-state index in [-0.39, 0.29) is 10.8 Å². The van der Waals surface area contributed by atoms with E-state index in [9.17, 15) is 13.2 Å². The van der Waals surface area contributed by atoms with Crippen LogP contribution in [0.2, 0.25) is 0 Å². The predicted octanol–water partition coefficient (Wildman–Crippen LogP) is 4.01. The molecule has 0 amide bonds. The lowest BCUT2D eigenvalue weighted by Gasteiger charge is -2.05. The van der Waals surface area contributed by atoms with Crippen LogP contribution in [0.1, 0.15) is 0 Å². The molecule has 0 heterocycles. The molecule has 0 fully saturated rings. The monoisotopic (exact) mass is 230 g/mol. The molecule has 3 aromatic carbocycles. The summed E-state index contributed by atoms with van der Waals surface area (Å²) < 4.78 is 40.6. The Hall–Kier alpha value is -2.03. The van der Waals surface area contributed by atoms with Gasteiger partial charge in [-0.2, -0.15) is 0 Å². The molecule has 0 aromatic heterocycles. The summed E-state index contributed by atoms with van der Waals surface area (Å²) in [6.45, 7) is 0. The molecule has 0 aliphatic carbocycles. The predicted molar refractivity (Wildman–Crippen MR) is 59.0 cm³/mol. The summed E-state index contributed by atoms with van der Waals surface area (Å²) in [7, 11) is 0. The Bertz CT molecular complexity index is 732. The topological polar surface area (TPSA) is 0 Å². The van der Waals surface area contributed by atoms with Crippen LogP contribution in [0.15, 0.2) is 30.3 Å². The van der Waals surface area contributed by atoms with E-state index in [4.69, 9.17) is 0 Å². The fourth-order valence-corrected chi connectivity index (χ4v) is 1.90. The number of fused-ring (bicyclic) bond motifs is 2. The molecule has 82 valence electrons. The van der Waals surface area contributed by atoms with Gasteiger partial charge in [0.15, 0.2) is 11.6 Å². The summed E-state index contributed by atoms with van der Waals surface area (Å²) in [5.41, 5.74) is 0. The number of hydrogen-bond donors (Lipinski definition) is 0. The number of halogens is 3. The van der Waals surface area contributed by atoms with Crippen molar-refractivity contribution in [2.75, 3.05) is 0 Å². The zero-order valence-electron chi connectivity index (χ0n) is 8.52. The Morgan fingerprint density at radius 2 is 1.71 bits per heavy atom. The summed E-state index contributed by atoms with van der Waals surface area (Å²) >= 11 is 0. The van der Waals surface area contributed by atoms with Crippen LogP contribution in [0.5, 0.6) is 0 Å². The van der Waals surface area contributed by atoms with E-state index in [0.717, 1.165) is 6.07 Å². The molecule has 0 N–H and O–H groups in total. The molecule has 2 radical (unpaired) electrons. The Morgan fingerprint density at radius 3 is 2.53 bits per heavy atom. The second kappa shape index (κ2) is 3.48. The van der Waals surface area contributed by atoms with E-state index in [2.05, 4.69) is 12.1 Å². The van der Waals surface area contributed by atoms with Crippen molar-refractivity contribution in [2.24, 2.45) is 0 Å². The molecule has 3 aromatic rings. The largest absolute Gasteiger partial charge is 0.206 e. The zero-order valence-corrected chi connectivity index (χ0v) is 8.52. The van der Waals surface area contributed by atoms with E-state index in [1.54, 1.807) is 12.1 Å². The maximum absolute atomic E-state index is 14.1. The van der Waals surface area contributed by atoms with Gasteiger partial charge in [-0.3, -0.25) is 0 Å². The van der Waals surface area contributed by atoms with Crippen molar-refractivity contribution in [3.05, 3.63) is 59.9 Å². The summed E-state index contributed by atoms with van der Waals surface area (Å²) in [6, 6.07) is 12.0. The lowest BCUT2D eigenvalue weighted by atomic mass is 10.0. The maximum Gasteiger partial charge on any atom is 0.167 e. The van der Waals surface area contributed by atoms with Crippen molar-refractivity contribution in [1.82, 2.24) is 0 Å². The van der Waals surface area contributed by atoms with Crippen LogP contribution in [-0.2, 0) is 0 Å². The van der Waals surface area contributed by atoms with Gasteiger partial charge >= 0.3 is 0 Å². The van der Waals surface area contributed by atoms with E-state index >= 15 is 0 Å². The molecule has 3 heteroatoms. The molecule has 17 heavy (non-hydrogen) atoms. The van der Waals surface area contributed by atoms with Gasteiger partial charge in [-0.1, -0.05) is 12.1 Å². The van der Waals surface area contributed by atoms with E-state index in [1.807, 2.05) is 0 Å². The highest BCUT2D eigenvalue weighted by Gasteiger charge is 2.13. The zero-order chi connectivity index (χ0) is 12.0. The Kier molecular flexibility index (Phi) is 2.08. The van der Waals surface area contributed by atoms with Crippen LogP contribution in [0, 0.1) is 29.6 Å². The minimum Gasteiger partial charge on any atom is -0.206 e. The van der Waals surface area contributed by atoms with Gasteiger partial charge in [-0.25, -0.2) is 13.2 Å². The van der Waals surface area contributed by atoms with Gasteiger partial charge in [0.25, 0.3) is 0 Å². The fraction of sp³-hybridized carbons (Fsp3) is 0. The average molecular weight is 230 g/mol. The average Bonchev–Trinajstić information content (AvgIpc) is 2.35. The molecular formula is C14H5F3. The van der Waals surface area contributed by atoms with Crippen LogP contribution in [0.3, 0.4) is 0 Å².